The molecule has 0 unspecified atom stereocenters. The highest BCUT2D eigenvalue weighted by atomic mass is 14.7. The van der Waals surface area contributed by atoms with Gasteiger partial charge >= 0.3 is 0 Å². The predicted octanol–water partition coefficient (Wildman–Crippen LogP) is 3.66. The molecule has 3 nitrogen and oxygen atoms in total. The Hall–Kier alpha value is -2.86. The van der Waals surface area contributed by atoms with Crippen molar-refractivity contribution in [2.24, 2.45) is 0 Å². The third kappa shape index (κ3) is 1.88. The number of aromatic nitrogens is 1. The number of nitrogens with two attached hydrogens (primary N) is 1. The molecule has 0 atom stereocenters. The zero-order valence-corrected chi connectivity index (χ0v) is 11.1. The number of nitrogen functional groups attached to an aromatic ring is 1. The Morgan fingerprint density at radius 1 is 1.05 bits per heavy atom. The molecule has 0 radical (unpaired) electrons. The topological polar surface area (TPSA) is 62.7 Å². The minimum Gasteiger partial charge on any atom is -0.398 e. The summed E-state index contributed by atoms with van der Waals surface area (Å²) in [4.78, 5) is 4.44. The van der Waals surface area contributed by atoms with Crippen LogP contribution in [-0.4, -0.2) is 4.98 Å². The molecule has 2 N–H and O–H groups in total. The van der Waals surface area contributed by atoms with E-state index in [2.05, 4.69) is 11.1 Å². The minimum absolute atomic E-state index is 0.428. The highest BCUT2D eigenvalue weighted by molar-refractivity contribution is 5.87. The Balaban J connectivity index is 2.35. The molecule has 0 aliphatic rings. The summed E-state index contributed by atoms with van der Waals surface area (Å²) in [7, 11) is 0. The number of nitrogens with zero attached hydrogens (tertiary/aromatic N) is 2. The molecular weight excluding hydrogens is 246 g/mol. The number of nitriles is 1. The van der Waals surface area contributed by atoms with E-state index in [4.69, 9.17) is 5.73 Å². The molecule has 0 aliphatic carbocycles. The van der Waals surface area contributed by atoms with Gasteiger partial charge in [0.1, 0.15) is 11.8 Å². The fourth-order valence-corrected chi connectivity index (χ4v) is 2.35. The summed E-state index contributed by atoms with van der Waals surface area (Å²) >= 11 is 0. The summed E-state index contributed by atoms with van der Waals surface area (Å²) in [5, 5.41) is 10.4. The average Bonchev–Trinajstić information content (AvgIpc) is 2.48. The molecule has 0 amide bonds. The number of anilines is 1. The lowest BCUT2D eigenvalue weighted by Crippen LogP contribution is -1.96. The molecule has 1 aromatic heterocycles. The van der Waals surface area contributed by atoms with E-state index >= 15 is 0 Å². The lowest BCUT2D eigenvalue weighted by atomic mass is 9.97. The first kappa shape index (κ1) is 12.2. The maximum absolute atomic E-state index is 9.36. The third-order valence-electron chi connectivity index (χ3n) is 3.50. The van der Waals surface area contributed by atoms with Crippen LogP contribution in [0.5, 0.6) is 0 Å². The van der Waals surface area contributed by atoms with Crippen molar-refractivity contribution in [3.8, 4) is 17.2 Å². The van der Waals surface area contributed by atoms with Gasteiger partial charge in [0, 0.05) is 16.6 Å². The molecule has 0 saturated carbocycles. The number of hydrogen-bond donors (Lipinski definition) is 1. The second-order valence-corrected chi connectivity index (χ2v) is 4.71. The molecule has 0 saturated heterocycles. The van der Waals surface area contributed by atoms with Crippen LogP contribution >= 0.6 is 0 Å². The van der Waals surface area contributed by atoms with Crippen LogP contribution in [-0.2, 0) is 0 Å². The SMILES string of the molecule is Cc1c(N)cccc1-c1cc2ccccc2nc1C#N. The van der Waals surface area contributed by atoms with E-state index in [1.54, 1.807) is 0 Å². The first-order chi connectivity index (χ1) is 9.70. The van der Waals surface area contributed by atoms with Crippen LogP contribution in [0.2, 0.25) is 0 Å². The zero-order valence-electron chi connectivity index (χ0n) is 11.1. The maximum atomic E-state index is 9.36. The van der Waals surface area contributed by atoms with Gasteiger partial charge in [0.15, 0.2) is 0 Å². The van der Waals surface area contributed by atoms with E-state index in [9.17, 15) is 5.26 Å². The lowest BCUT2D eigenvalue weighted by molar-refractivity contribution is 1.31. The third-order valence-corrected chi connectivity index (χ3v) is 3.50. The van der Waals surface area contributed by atoms with E-state index in [0.29, 0.717) is 5.69 Å². The molecule has 2 aromatic carbocycles. The molecule has 3 rings (SSSR count). The van der Waals surface area contributed by atoms with Gasteiger partial charge in [-0.3, -0.25) is 0 Å². The fraction of sp³-hybridized carbons (Fsp3) is 0.0588. The first-order valence-electron chi connectivity index (χ1n) is 6.36. The number of pyridine rings is 1. The minimum atomic E-state index is 0.428. The van der Waals surface area contributed by atoms with Gasteiger partial charge in [-0.25, -0.2) is 4.98 Å². The second-order valence-electron chi connectivity index (χ2n) is 4.71. The van der Waals surface area contributed by atoms with Gasteiger partial charge in [-0.05, 0) is 36.2 Å². The Kier molecular flexibility index (Phi) is 2.85. The highest BCUT2D eigenvalue weighted by Gasteiger charge is 2.11. The number of fused-ring (bicyclic) bond motifs is 1. The molecule has 3 aromatic rings. The summed E-state index contributed by atoms with van der Waals surface area (Å²) < 4.78 is 0. The summed E-state index contributed by atoms with van der Waals surface area (Å²) in [5.74, 6) is 0. The first-order valence-corrected chi connectivity index (χ1v) is 6.36. The van der Waals surface area contributed by atoms with Crippen LogP contribution in [0.25, 0.3) is 22.0 Å². The van der Waals surface area contributed by atoms with Crippen molar-refractivity contribution in [3.63, 3.8) is 0 Å². The predicted molar refractivity (Wildman–Crippen MR) is 81.0 cm³/mol. The standard InChI is InChI=1S/C17H13N3/c1-11-13(6-4-7-15(11)19)14-9-12-5-2-3-8-16(12)20-17(14)10-18/h2-9H,19H2,1H3. The fourth-order valence-electron chi connectivity index (χ4n) is 2.35. The smallest absolute Gasteiger partial charge is 0.149 e. The van der Waals surface area contributed by atoms with Gasteiger partial charge in [-0.15, -0.1) is 0 Å². The molecule has 0 spiro atoms. The van der Waals surface area contributed by atoms with Crippen molar-refractivity contribution in [3.05, 3.63) is 59.8 Å². The van der Waals surface area contributed by atoms with Crippen LogP contribution in [0, 0.1) is 18.3 Å². The molecular formula is C17H13N3. The second kappa shape index (κ2) is 4.67. The van der Waals surface area contributed by atoms with Crippen molar-refractivity contribution in [2.75, 3.05) is 5.73 Å². The van der Waals surface area contributed by atoms with E-state index in [1.165, 1.54) is 0 Å². The largest absolute Gasteiger partial charge is 0.398 e. The van der Waals surface area contributed by atoms with Gasteiger partial charge in [0.25, 0.3) is 0 Å². The number of rotatable bonds is 1. The molecule has 3 heteroatoms. The highest BCUT2D eigenvalue weighted by Crippen LogP contribution is 2.31. The number of para-hydroxylation sites is 1. The van der Waals surface area contributed by atoms with Crippen molar-refractivity contribution in [1.29, 1.82) is 5.26 Å². The summed E-state index contributed by atoms with van der Waals surface area (Å²) in [6.07, 6.45) is 0. The Morgan fingerprint density at radius 3 is 2.65 bits per heavy atom. The molecule has 20 heavy (non-hydrogen) atoms. The molecule has 0 aliphatic heterocycles. The Bertz CT molecular complexity index is 844. The Labute approximate surface area is 117 Å². The van der Waals surface area contributed by atoms with Crippen LogP contribution in [0.3, 0.4) is 0 Å². The van der Waals surface area contributed by atoms with Crippen molar-refractivity contribution < 1.29 is 0 Å². The van der Waals surface area contributed by atoms with E-state index in [1.807, 2.05) is 55.5 Å². The van der Waals surface area contributed by atoms with Crippen molar-refractivity contribution >= 4 is 16.6 Å². The monoisotopic (exact) mass is 259 g/mol. The van der Waals surface area contributed by atoms with Gasteiger partial charge in [-0.2, -0.15) is 5.26 Å². The van der Waals surface area contributed by atoms with Crippen LogP contribution in [0.4, 0.5) is 5.69 Å². The molecule has 0 fully saturated rings. The van der Waals surface area contributed by atoms with Crippen molar-refractivity contribution in [2.45, 2.75) is 6.92 Å². The molecule has 0 bridgehead atoms. The van der Waals surface area contributed by atoms with Gasteiger partial charge in [0.2, 0.25) is 0 Å². The molecule has 1 heterocycles. The van der Waals surface area contributed by atoms with Crippen LogP contribution in [0.1, 0.15) is 11.3 Å². The van der Waals surface area contributed by atoms with Gasteiger partial charge in [0.05, 0.1) is 5.52 Å². The lowest BCUT2D eigenvalue weighted by Gasteiger charge is -2.10. The summed E-state index contributed by atoms with van der Waals surface area (Å²) in [6.45, 7) is 1.96. The summed E-state index contributed by atoms with van der Waals surface area (Å²) in [6, 6.07) is 17.7. The van der Waals surface area contributed by atoms with E-state index < -0.39 is 0 Å². The van der Waals surface area contributed by atoms with Crippen LogP contribution in [0.15, 0.2) is 48.5 Å². The summed E-state index contributed by atoms with van der Waals surface area (Å²) in [5.41, 5.74) is 10.7. The number of hydrogen-bond acceptors (Lipinski definition) is 3. The normalized spacial score (nSPS) is 10.4. The van der Waals surface area contributed by atoms with Gasteiger partial charge in [-0.1, -0.05) is 30.3 Å². The maximum Gasteiger partial charge on any atom is 0.149 e. The Morgan fingerprint density at radius 2 is 1.85 bits per heavy atom. The quantitative estimate of drug-likeness (QED) is 0.678. The van der Waals surface area contributed by atoms with Crippen LogP contribution < -0.4 is 5.73 Å². The van der Waals surface area contributed by atoms with E-state index in [0.717, 1.165) is 33.3 Å². The zero-order chi connectivity index (χ0) is 14.1. The molecule has 96 valence electrons. The van der Waals surface area contributed by atoms with Gasteiger partial charge < -0.3 is 5.73 Å². The van der Waals surface area contributed by atoms with Crippen molar-refractivity contribution in [1.82, 2.24) is 4.98 Å². The number of benzene rings is 2. The van der Waals surface area contributed by atoms with E-state index in [-0.39, 0.29) is 0 Å². The average molecular weight is 259 g/mol.